The van der Waals surface area contributed by atoms with Crippen molar-refractivity contribution in [3.8, 4) is 0 Å². The molecule has 1 aromatic heterocycles. The van der Waals surface area contributed by atoms with E-state index in [-0.39, 0.29) is 11.9 Å². The minimum atomic E-state index is 0.0242. The summed E-state index contributed by atoms with van der Waals surface area (Å²) in [4.78, 5) is 26.5. The molecule has 6 heteroatoms. The van der Waals surface area contributed by atoms with Crippen molar-refractivity contribution < 1.29 is 4.79 Å². The highest BCUT2D eigenvalue weighted by molar-refractivity contribution is 5.93. The number of benzene rings is 1. The molecule has 2 aliphatic rings. The van der Waals surface area contributed by atoms with E-state index < -0.39 is 0 Å². The Bertz CT molecular complexity index is 896. The zero-order valence-electron chi connectivity index (χ0n) is 19.6. The number of carbonyl (C=O) groups excluding carboxylic acids is 1. The maximum atomic E-state index is 13.4. The molecular formula is C26H37N5O. The van der Waals surface area contributed by atoms with E-state index in [0.29, 0.717) is 17.7 Å². The van der Waals surface area contributed by atoms with E-state index in [1.54, 1.807) is 6.07 Å². The maximum absolute atomic E-state index is 13.4. The lowest BCUT2D eigenvalue weighted by Crippen LogP contribution is -2.45. The summed E-state index contributed by atoms with van der Waals surface area (Å²) >= 11 is 0. The third kappa shape index (κ3) is 5.66. The van der Waals surface area contributed by atoms with Crippen LogP contribution >= 0.6 is 0 Å². The molecule has 2 aromatic rings. The highest BCUT2D eigenvalue weighted by Crippen LogP contribution is 2.28. The monoisotopic (exact) mass is 435 g/mol. The summed E-state index contributed by atoms with van der Waals surface area (Å²) in [5.74, 6) is 0.757. The Labute approximate surface area is 192 Å². The Hall–Kier alpha value is -2.47. The number of amides is 1. The maximum Gasteiger partial charge on any atom is 0.272 e. The standard InChI is InChI=1S/C26H37N5O/c1-19-7-3-4-8-22(19)13-16-30-14-11-21(12-15-30)18-31(23-9-5-6-10-23)25(32)24-17-20(2)28-26(27)29-24/h3-4,7-8,17,21,23H,5-6,9-16,18H2,1-2H3,(H2,27,28,29). The number of nitrogen functional groups attached to an aromatic ring is 1. The molecule has 0 atom stereocenters. The Balaban J connectivity index is 1.35. The number of anilines is 1. The first kappa shape index (κ1) is 22.7. The number of hydrogen-bond donors (Lipinski definition) is 1. The molecule has 2 fully saturated rings. The number of hydrogen-bond acceptors (Lipinski definition) is 5. The number of aromatic nitrogens is 2. The summed E-state index contributed by atoms with van der Waals surface area (Å²) in [6, 6.07) is 10.8. The van der Waals surface area contributed by atoms with Crippen LogP contribution in [0.1, 0.15) is 65.8 Å². The fourth-order valence-electron chi connectivity index (χ4n) is 5.30. The van der Waals surface area contributed by atoms with Gasteiger partial charge in [0.25, 0.3) is 5.91 Å². The Morgan fingerprint density at radius 2 is 1.81 bits per heavy atom. The summed E-state index contributed by atoms with van der Waals surface area (Å²) in [6.45, 7) is 8.23. The minimum absolute atomic E-state index is 0.0242. The van der Waals surface area contributed by atoms with Crippen molar-refractivity contribution in [3.05, 3.63) is 52.8 Å². The smallest absolute Gasteiger partial charge is 0.272 e. The molecule has 1 aromatic carbocycles. The normalized spacial score (nSPS) is 18.2. The highest BCUT2D eigenvalue weighted by Gasteiger charge is 2.31. The van der Waals surface area contributed by atoms with Gasteiger partial charge in [0.2, 0.25) is 5.95 Å². The van der Waals surface area contributed by atoms with Gasteiger partial charge in [-0.25, -0.2) is 9.97 Å². The Morgan fingerprint density at radius 1 is 1.09 bits per heavy atom. The van der Waals surface area contributed by atoms with Gasteiger partial charge >= 0.3 is 0 Å². The molecule has 1 aliphatic heterocycles. The van der Waals surface area contributed by atoms with Gasteiger partial charge in [0.15, 0.2) is 0 Å². The van der Waals surface area contributed by atoms with Gasteiger partial charge in [-0.15, -0.1) is 0 Å². The lowest BCUT2D eigenvalue weighted by atomic mass is 9.94. The topological polar surface area (TPSA) is 75.4 Å². The van der Waals surface area contributed by atoms with E-state index in [4.69, 9.17) is 5.73 Å². The number of aryl methyl sites for hydroxylation is 2. The van der Waals surface area contributed by atoms with Crippen LogP contribution in [0.25, 0.3) is 0 Å². The summed E-state index contributed by atoms with van der Waals surface area (Å²) in [6.07, 6.45) is 8.01. The molecule has 1 aliphatic carbocycles. The first-order chi connectivity index (χ1) is 15.5. The molecule has 1 amide bonds. The highest BCUT2D eigenvalue weighted by atomic mass is 16.2. The van der Waals surface area contributed by atoms with Gasteiger partial charge in [-0.1, -0.05) is 37.1 Å². The van der Waals surface area contributed by atoms with E-state index in [2.05, 4.69) is 51.0 Å². The van der Waals surface area contributed by atoms with Crippen LogP contribution in [0.2, 0.25) is 0 Å². The van der Waals surface area contributed by atoms with Crippen LogP contribution in [0.4, 0.5) is 5.95 Å². The second-order valence-corrected chi connectivity index (χ2v) is 9.61. The van der Waals surface area contributed by atoms with Crippen LogP contribution in [0.15, 0.2) is 30.3 Å². The van der Waals surface area contributed by atoms with E-state index >= 15 is 0 Å². The Morgan fingerprint density at radius 3 is 2.50 bits per heavy atom. The van der Waals surface area contributed by atoms with Crippen molar-refractivity contribution in [2.45, 2.75) is 64.8 Å². The molecule has 6 nitrogen and oxygen atoms in total. The SMILES string of the molecule is Cc1cc(C(=O)N(CC2CCN(CCc3ccccc3C)CC2)C2CCCC2)nc(N)n1. The van der Waals surface area contributed by atoms with Crippen LogP contribution in [-0.2, 0) is 6.42 Å². The Kier molecular flexibility index (Phi) is 7.40. The van der Waals surface area contributed by atoms with Crippen molar-refractivity contribution in [1.82, 2.24) is 19.8 Å². The molecule has 0 spiro atoms. The van der Waals surface area contributed by atoms with Gasteiger partial charge in [-0.3, -0.25) is 4.79 Å². The third-order valence-corrected chi connectivity index (χ3v) is 7.24. The number of piperidine rings is 1. The van der Waals surface area contributed by atoms with Gasteiger partial charge in [0.1, 0.15) is 5.69 Å². The molecule has 4 rings (SSSR count). The van der Waals surface area contributed by atoms with E-state index in [0.717, 1.165) is 64.0 Å². The average Bonchev–Trinajstić information content (AvgIpc) is 3.31. The molecule has 1 saturated carbocycles. The lowest BCUT2D eigenvalue weighted by Gasteiger charge is -2.37. The molecule has 1 saturated heterocycles. The van der Waals surface area contributed by atoms with Crippen LogP contribution in [0, 0.1) is 19.8 Å². The first-order valence-electron chi connectivity index (χ1n) is 12.2. The average molecular weight is 436 g/mol. The predicted molar refractivity (Wildman–Crippen MR) is 129 cm³/mol. The summed E-state index contributed by atoms with van der Waals surface area (Å²) < 4.78 is 0. The quantitative estimate of drug-likeness (QED) is 0.711. The second-order valence-electron chi connectivity index (χ2n) is 9.61. The number of nitrogens with two attached hydrogens (primary N) is 1. The number of rotatable bonds is 7. The van der Waals surface area contributed by atoms with Gasteiger partial charge in [0.05, 0.1) is 0 Å². The molecule has 0 radical (unpaired) electrons. The van der Waals surface area contributed by atoms with Crippen LogP contribution in [0.3, 0.4) is 0 Å². The van der Waals surface area contributed by atoms with E-state index in [1.807, 2.05) is 6.92 Å². The molecule has 2 heterocycles. The van der Waals surface area contributed by atoms with Crippen LogP contribution in [-0.4, -0.2) is 57.9 Å². The van der Waals surface area contributed by atoms with Gasteiger partial charge in [-0.2, -0.15) is 0 Å². The molecule has 0 unspecified atom stereocenters. The molecular weight excluding hydrogens is 398 g/mol. The number of nitrogens with zero attached hydrogens (tertiary/aromatic N) is 4. The van der Waals surface area contributed by atoms with Crippen LogP contribution in [0.5, 0.6) is 0 Å². The molecule has 2 N–H and O–H groups in total. The molecule has 32 heavy (non-hydrogen) atoms. The van der Waals surface area contributed by atoms with Crippen molar-refractivity contribution >= 4 is 11.9 Å². The largest absolute Gasteiger partial charge is 0.368 e. The van der Waals surface area contributed by atoms with Crippen molar-refractivity contribution in [1.29, 1.82) is 0 Å². The van der Waals surface area contributed by atoms with Crippen molar-refractivity contribution in [2.75, 3.05) is 31.9 Å². The zero-order chi connectivity index (χ0) is 22.5. The minimum Gasteiger partial charge on any atom is -0.368 e. The van der Waals surface area contributed by atoms with Gasteiger partial charge in [-0.05, 0) is 82.2 Å². The molecule has 172 valence electrons. The van der Waals surface area contributed by atoms with Gasteiger partial charge in [0, 0.05) is 24.8 Å². The summed E-state index contributed by atoms with van der Waals surface area (Å²) in [7, 11) is 0. The summed E-state index contributed by atoms with van der Waals surface area (Å²) in [5, 5.41) is 0. The van der Waals surface area contributed by atoms with Crippen molar-refractivity contribution in [2.24, 2.45) is 5.92 Å². The second kappa shape index (κ2) is 10.4. The van der Waals surface area contributed by atoms with Gasteiger partial charge < -0.3 is 15.5 Å². The van der Waals surface area contributed by atoms with Crippen molar-refractivity contribution in [3.63, 3.8) is 0 Å². The van der Waals surface area contributed by atoms with Crippen LogP contribution < -0.4 is 5.73 Å². The summed E-state index contributed by atoms with van der Waals surface area (Å²) in [5.41, 5.74) is 9.85. The van der Waals surface area contributed by atoms with E-state index in [1.165, 1.54) is 24.0 Å². The number of carbonyl (C=O) groups is 1. The third-order valence-electron chi connectivity index (χ3n) is 7.24. The lowest BCUT2D eigenvalue weighted by molar-refractivity contribution is 0.0592. The fourth-order valence-corrected chi connectivity index (χ4v) is 5.30. The number of likely N-dealkylation sites (tertiary alicyclic amines) is 1. The first-order valence-corrected chi connectivity index (χ1v) is 12.2. The fraction of sp³-hybridized carbons (Fsp3) is 0.577. The van der Waals surface area contributed by atoms with E-state index in [9.17, 15) is 4.79 Å². The predicted octanol–water partition coefficient (Wildman–Crippen LogP) is 4.02. The zero-order valence-corrected chi connectivity index (χ0v) is 19.6. The molecule has 0 bridgehead atoms.